The Kier molecular flexibility index (Phi) is 4.26. The predicted molar refractivity (Wildman–Crippen MR) is 60.0 cm³/mol. The molecular weight excluding hydrogens is 224 g/mol. The minimum Gasteiger partial charge on any atom is -0.339 e. The van der Waals surface area contributed by atoms with Gasteiger partial charge in [-0.05, 0) is 12.8 Å². The number of carbonyl (C=O) groups excluding carboxylic acids is 2. The Hall–Kier alpha value is -1.22. The summed E-state index contributed by atoms with van der Waals surface area (Å²) in [5, 5.41) is 5.45. The van der Waals surface area contributed by atoms with Crippen molar-refractivity contribution in [3.05, 3.63) is 0 Å². The summed E-state index contributed by atoms with van der Waals surface area (Å²) in [5.74, 6) is -0.538. The van der Waals surface area contributed by atoms with E-state index in [0.717, 1.165) is 25.9 Å². The first-order chi connectivity index (χ1) is 8.24. The standard InChI is InChI=1S/C9H18N6O2/c16-8(12-6-1-3-10-14-6)5-9(17)13-7-2-4-11-15-7/h6-7,10-11,14-15H,1-5H2,(H,12,16)(H,13,17). The molecule has 96 valence electrons. The van der Waals surface area contributed by atoms with Crippen LogP contribution >= 0.6 is 0 Å². The van der Waals surface area contributed by atoms with Crippen LogP contribution in [0, 0.1) is 0 Å². The highest BCUT2D eigenvalue weighted by molar-refractivity contribution is 5.97. The summed E-state index contributed by atoms with van der Waals surface area (Å²) in [6, 6.07) is 0. The zero-order chi connectivity index (χ0) is 12.1. The van der Waals surface area contributed by atoms with Gasteiger partial charge >= 0.3 is 0 Å². The third-order valence-corrected chi connectivity index (χ3v) is 2.66. The molecule has 2 heterocycles. The van der Waals surface area contributed by atoms with Gasteiger partial charge in [0.1, 0.15) is 6.42 Å². The molecule has 8 heteroatoms. The first-order valence-corrected chi connectivity index (χ1v) is 5.79. The number of hydrogen-bond donors (Lipinski definition) is 6. The van der Waals surface area contributed by atoms with Crippen LogP contribution in [0.1, 0.15) is 19.3 Å². The van der Waals surface area contributed by atoms with Crippen LogP contribution in [0.25, 0.3) is 0 Å². The smallest absolute Gasteiger partial charge is 0.230 e. The van der Waals surface area contributed by atoms with Crippen molar-refractivity contribution < 1.29 is 9.59 Å². The molecule has 0 aliphatic carbocycles. The summed E-state index contributed by atoms with van der Waals surface area (Å²) in [6.45, 7) is 1.63. The Labute approximate surface area is 99.2 Å². The van der Waals surface area contributed by atoms with Crippen molar-refractivity contribution in [2.24, 2.45) is 0 Å². The van der Waals surface area contributed by atoms with Crippen molar-refractivity contribution in [2.45, 2.75) is 31.6 Å². The molecule has 2 unspecified atom stereocenters. The first-order valence-electron chi connectivity index (χ1n) is 5.79. The second kappa shape index (κ2) is 5.92. The second-order valence-corrected chi connectivity index (χ2v) is 4.14. The van der Waals surface area contributed by atoms with Crippen LogP contribution in [-0.4, -0.2) is 37.2 Å². The molecule has 0 bridgehead atoms. The molecule has 2 fully saturated rings. The van der Waals surface area contributed by atoms with E-state index in [0.29, 0.717) is 0 Å². The summed E-state index contributed by atoms with van der Waals surface area (Å²) in [5.41, 5.74) is 11.6. The molecule has 0 spiro atoms. The molecule has 6 N–H and O–H groups in total. The average molecular weight is 242 g/mol. The summed E-state index contributed by atoms with van der Waals surface area (Å²) < 4.78 is 0. The maximum absolute atomic E-state index is 11.5. The van der Waals surface area contributed by atoms with Crippen molar-refractivity contribution in [3.63, 3.8) is 0 Å². The number of amides is 2. The van der Waals surface area contributed by atoms with Crippen molar-refractivity contribution in [1.29, 1.82) is 0 Å². The summed E-state index contributed by atoms with van der Waals surface area (Å²) >= 11 is 0. The highest BCUT2D eigenvalue weighted by atomic mass is 16.2. The van der Waals surface area contributed by atoms with Crippen molar-refractivity contribution in [3.8, 4) is 0 Å². The van der Waals surface area contributed by atoms with Crippen molar-refractivity contribution in [1.82, 2.24) is 32.3 Å². The maximum Gasteiger partial charge on any atom is 0.230 e. The Balaban J connectivity index is 1.64. The Morgan fingerprint density at radius 1 is 0.941 bits per heavy atom. The van der Waals surface area contributed by atoms with E-state index in [2.05, 4.69) is 32.3 Å². The molecule has 0 aromatic rings. The van der Waals surface area contributed by atoms with Gasteiger partial charge < -0.3 is 10.6 Å². The van der Waals surface area contributed by atoms with E-state index in [1.54, 1.807) is 0 Å². The summed E-state index contributed by atoms with van der Waals surface area (Å²) in [7, 11) is 0. The van der Waals surface area contributed by atoms with Gasteiger partial charge in [-0.25, -0.2) is 10.9 Å². The van der Waals surface area contributed by atoms with Crippen molar-refractivity contribution >= 4 is 11.8 Å². The molecule has 0 aromatic heterocycles. The van der Waals surface area contributed by atoms with Crippen LogP contribution in [0.15, 0.2) is 0 Å². The molecule has 2 aliphatic rings. The number of nitrogens with one attached hydrogen (secondary N) is 6. The Bertz CT molecular complexity index is 257. The summed E-state index contributed by atoms with van der Waals surface area (Å²) in [4.78, 5) is 23.0. The molecule has 2 rings (SSSR count). The fourth-order valence-electron chi connectivity index (χ4n) is 1.82. The normalized spacial score (nSPS) is 28.0. The first kappa shape index (κ1) is 12.2. The fraction of sp³-hybridized carbons (Fsp3) is 0.778. The molecule has 8 nitrogen and oxygen atoms in total. The van der Waals surface area contributed by atoms with Gasteiger partial charge in [-0.3, -0.25) is 20.4 Å². The molecule has 2 amide bonds. The van der Waals surface area contributed by atoms with E-state index in [1.165, 1.54) is 0 Å². The van der Waals surface area contributed by atoms with Crippen LogP contribution in [0.4, 0.5) is 0 Å². The van der Waals surface area contributed by atoms with Gasteiger partial charge in [0, 0.05) is 13.1 Å². The monoisotopic (exact) mass is 242 g/mol. The van der Waals surface area contributed by atoms with Crippen LogP contribution in [0.3, 0.4) is 0 Å². The van der Waals surface area contributed by atoms with E-state index in [4.69, 9.17) is 0 Å². The van der Waals surface area contributed by atoms with Crippen LogP contribution in [0.2, 0.25) is 0 Å². The second-order valence-electron chi connectivity index (χ2n) is 4.14. The van der Waals surface area contributed by atoms with Crippen LogP contribution in [-0.2, 0) is 9.59 Å². The number of hydrogen-bond acceptors (Lipinski definition) is 6. The van der Waals surface area contributed by atoms with E-state index >= 15 is 0 Å². The van der Waals surface area contributed by atoms with Crippen LogP contribution in [0.5, 0.6) is 0 Å². The predicted octanol–water partition coefficient (Wildman–Crippen LogP) is -2.74. The largest absolute Gasteiger partial charge is 0.339 e. The number of carbonyl (C=O) groups is 2. The van der Waals surface area contributed by atoms with Gasteiger partial charge in [0.2, 0.25) is 11.8 Å². The molecule has 17 heavy (non-hydrogen) atoms. The van der Waals surface area contributed by atoms with E-state index in [-0.39, 0.29) is 30.6 Å². The number of hydrazine groups is 2. The van der Waals surface area contributed by atoms with Gasteiger partial charge in [-0.1, -0.05) is 0 Å². The van der Waals surface area contributed by atoms with Gasteiger partial charge in [0.15, 0.2) is 0 Å². The molecule has 2 saturated heterocycles. The highest BCUT2D eigenvalue weighted by Gasteiger charge is 2.20. The fourth-order valence-corrected chi connectivity index (χ4v) is 1.82. The molecule has 0 aromatic carbocycles. The minimum absolute atomic E-state index is 0.0819. The third-order valence-electron chi connectivity index (χ3n) is 2.66. The lowest BCUT2D eigenvalue weighted by molar-refractivity contribution is -0.130. The van der Waals surface area contributed by atoms with E-state index in [1.807, 2.05) is 0 Å². The SMILES string of the molecule is O=C(CC(=O)NC1CCNN1)NC1CCNN1. The molecular formula is C9H18N6O2. The van der Waals surface area contributed by atoms with Crippen molar-refractivity contribution in [2.75, 3.05) is 13.1 Å². The lowest BCUT2D eigenvalue weighted by Gasteiger charge is -2.14. The van der Waals surface area contributed by atoms with Gasteiger partial charge in [0.25, 0.3) is 0 Å². The topological polar surface area (TPSA) is 106 Å². The van der Waals surface area contributed by atoms with E-state index < -0.39 is 0 Å². The average Bonchev–Trinajstić information content (AvgIpc) is 2.90. The highest BCUT2D eigenvalue weighted by Crippen LogP contribution is 1.95. The lowest BCUT2D eigenvalue weighted by atomic mass is 10.3. The summed E-state index contributed by atoms with van der Waals surface area (Å²) in [6.07, 6.45) is 1.34. The zero-order valence-electron chi connectivity index (χ0n) is 9.51. The maximum atomic E-state index is 11.5. The van der Waals surface area contributed by atoms with Gasteiger partial charge in [0.05, 0.1) is 12.3 Å². The van der Waals surface area contributed by atoms with Gasteiger partial charge in [-0.15, -0.1) is 0 Å². The Morgan fingerprint density at radius 3 is 1.76 bits per heavy atom. The lowest BCUT2D eigenvalue weighted by Crippen LogP contribution is -2.48. The molecule has 2 aliphatic heterocycles. The third kappa shape index (κ3) is 3.93. The van der Waals surface area contributed by atoms with Gasteiger partial charge in [-0.2, -0.15) is 0 Å². The minimum atomic E-state index is -0.269. The number of rotatable bonds is 4. The van der Waals surface area contributed by atoms with Crippen LogP contribution < -0.4 is 32.3 Å². The molecule has 0 saturated carbocycles. The zero-order valence-corrected chi connectivity index (χ0v) is 9.51. The quantitative estimate of drug-likeness (QED) is 0.299. The molecule has 0 radical (unpaired) electrons. The molecule has 2 atom stereocenters. The Morgan fingerprint density at radius 2 is 1.41 bits per heavy atom. The van der Waals surface area contributed by atoms with E-state index in [9.17, 15) is 9.59 Å².